The lowest BCUT2D eigenvalue weighted by molar-refractivity contribution is 0.259. The van der Waals surface area contributed by atoms with Gasteiger partial charge in [-0.05, 0) is 43.8 Å². The third-order valence-electron chi connectivity index (χ3n) is 2.90. The normalized spacial score (nSPS) is 10.4. The van der Waals surface area contributed by atoms with Crippen LogP contribution in [0.25, 0.3) is 0 Å². The van der Waals surface area contributed by atoms with Gasteiger partial charge in [0, 0.05) is 6.54 Å². The second-order valence-electron chi connectivity index (χ2n) is 4.52. The number of ether oxygens (including phenoxy) is 2. The number of nitrogens with one attached hydrogen (secondary N) is 1. The summed E-state index contributed by atoms with van der Waals surface area (Å²) < 4.78 is 13.8. The molecular weight excluding hydrogens is 286 g/mol. The van der Waals surface area contributed by atoms with Crippen molar-refractivity contribution < 1.29 is 9.47 Å². The lowest BCUT2D eigenvalue weighted by Gasteiger charge is -2.12. The van der Waals surface area contributed by atoms with Crippen molar-refractivity contribution >= 4 is 12.2 Å². The highest BCUT2D eigenvalue weighted by molar-refractivity contribution is 7.71. The number of hydrogen-bond acceptors (Lipinski definition) is 4. The third kappa shape index (κ3) is 3.72. The van der Waals surface area contributed by atoms with Crippen LogP contribution in [-0.4, -0.2) is 21.4 Å². The number of aromatic amines is 1. The summed E-state index contributed by atoms with van der Waals surface area (Å²) in [7, 11) is 0. The van der Waals surface area contributed by atoms with Gasteiger partial charge in [0.1, 0.15) is 6.61 Å². The summed E-state index contributed by atoms with van der Waals surface area (Å²) in [4.78, 5) is 0. The van der Waals surface area contributed by atoms with Crippen molar-refractivity contribution in [2.45, 2.75) is 27.0 Å². The minimum absolute atomic E-state index is 0.310. The number of benzene rings is 1. The number of hydrogen-bond donors (Lipinski definition) is 1. The lowest BCUT2D eigenvalue weighted by Crippen LogP contribution is -2.07. The Kier molecular flexibility index (Phi) is 5.16. The van der Waals surface area contributed by atoms with Crippen molar-refractivity contribution in [1.29, 1.82) is 0 Å². The van der Waals surface area contributed by atoms with Crippen molar-refractivity contribution in [3.8, 4) is 11.5 Å². The third-order valence-corrected chi connectivity index (χ3v) is 3.22. The summed E-state index contributed by atoms with van der Waals surface area (Å²) in [6, 6.07) is 5.85. The highest BCUT2D eigenvalue weighted by Crippen LogP contribution is 2.28. The fraction of sp³-hybridized carbons (Fsp3) is 0.333. The Hall–Kier alpha value is -2.08. The molecule has 1 N–H and O–H groups in total. The van der Waals surface area contributed by atoms with E-state index in [0.29, 0.717) is 30.3 Å². The molecular formula is C15H19N3O2S. The van der Waals surface area contributed by atoms with Crippen LogP contribution in [0.1, 0.15) is 18.3 Å². The standard InChI is InChI=1S/C15H19N3O2S/c1-4-8-18-14(16-17-15(18)21)10-20-12-7-6-11(3)9-13(12)19-5-2/h4,6-7,9H,1,5,8,10H2,2-3H3,(H,17,21). The molecule has 21 heavy (non-hydrogen) atoms. The molecule has 1 aromatic heterocycles. The quantitative estimate of drug-likeness (QED) is 0.629. The van der Waals surface area contributed by atoms with Gasteiger partial charge < -0.3 is 9.47 Å². The van der Waals surface area contributed by atoms with E-state index in [4.69, 9.17) is 21.7 Å². The molecule has 2 rings (SSSR count). The molecule has 0 spiro atoms. The first kappa shape index (κ1) is 15.3. The molecule has 0 saturated carbocycles. The van der Waals surface area contributed by atoms with Crippen molar-refractivity contribution in [1.82, 2.24) is 14.8 Å². The molecule has 112 valence electrons. The zero-order valence-electron chi connectivity index (χ0n) is 12.3. The first-order valence-electron chi connectivity index (χ1n) is 6.77. The van der Waals surface area contributed by atoms with Crippen LogP contribution < -0.4 is 9.47 Å². The van der Waals surface area contributed by atoms with Crippen LogP contribution in [0, 0.1) is 11.7 Å². The molecule has 1 heterocycles. The van der Waals surface area contributed by atoms with E-state index in [0.717, 1.165) is 17.1 Å². The van der Waals surface area contributed by atoms with Crippen LogP contribution in [0.3, 0.4) is 0 Å². The molecule has 0 amide bonds. The zero-order valence-corrected chi connectivity index (χ0v) is 13.1. The van der Waals surface area contributed by atoms with E-state index in [1.165, 1.54) is 0 Å². The maximum absolute atomic E-state index is 5.82. The van der Waals surface area contributed by atoms with Crippen molar-refractivity contribution in [3.63, 3.8) is 0 Å². The van der Waals surface area contributed by atoms with E-state index in [2.05, 4.69) is 16.8 Å². The average Bonchev–Trinajstić information content (AvgIpc) is 2.80. The fourth-order valence-corrected chi connectivity index (χ4v) is 2.15. The van der Waals surface area contributed by atoms with Crippen LogP contribution in [0.2, 0.25) is 0 Å². The van der Waals surface area contributed by atoms with Gasteiger partial charge in [0.2, 0.25) is 0 Å². The number of rotatable bonds is 7. The highest BCUT2D eigenvalue weighted by atomic mass is 32.1. The molecule has 2 aromatic rings. The Morgan fingerprint density at radius 2 is 2.19 bits per heavy atom. The van der Waals surface area contributed by atoms with E-state index in [1.807, 2.05) is 36.6 Å². The van der Waals surface area contributed by atoms with Gasteiger partial charge in [-0.15, -0.1) is 6.58 Å². The zero-order chi connectivity index (χ0) is 15.2. The van der Waals surface area contributed by atoms with Crippen LogP contribution in [0.15, 0.2) is 30.9 Å². The Morgan fingerprint density at radius 3 is 2.90 bits per heavy atom. The first-order valence-corrected chi connectivity index (χ1v) is 7.17. The maximum Gasteiger partial charge on any atom is 0.195 e. The minimum atomic E-state index is 0.310. The molecule has 0 fully saturated rings. The molecule has 5 nitrogen and oxygen atoms in total. The molecule has 0 atom stereocenters. The SMILES string of the molecule is C=CCn1c(COc2ccc(C)cc2OCC)n[nH]c1=S. The van der Waals surface area contributed by atoms with Gasteiger partial charge in [0.05, 0.1) is 6.61 Å². The number of aromatic nitrogens is 3. The second-order valence-corrected chi connectivity index (χ2v) is 4.90. The summed E-state index contributed by atoms with van der Waals surface area (Å²) in [6.07, 6.45) is 1.77. The molecule has 1 aromatic carbocycles. The first-order chi connectivity index (χ1) is 10.2. The van der Waals surface area contributed by atoms with Crippen molar-refractivity contribution in [3.05, 3.63) is 47.0 Å². The Labute approximate surface area is 129 Å². The van der Waals surface area contributed by atoms with E-state index < -0.39 is 0 Å². The summed E-state index contributed by atoms with van der Waals surface area (Å²) in [5.41, 5.74) is 1.13. The Bertz CT molecular complexity index is 676. The number of allylic oxidation sites excluding steroid dienone is 1. The van der Waals surface area contributed by atoms with Gasteiger partial charge in [-0.2, -0.15) is 5.10 Å². The summed E-state index contributed by atoms with van der Waals surface area (Å²) in [5, 5.41) is 6.94. The van der Waals surface area contributed by atoms with Gasteiger partial charge in [-0.1, -0.05) is 12.1 Å². The number of nitrogens with zero attached hydrogens (tertiary/aromatic N) is 2. The molecule has 0 unspecified atom stereocenters. The maximum atomic E-state index is 5.82. The van der Waals surface area contributed by atoms with Crippen LogP contribution in [0.5, 0.6) is 11.5 Å². The minimum Gasteiger partial charge on any atom is -0.490 e. The number of aryl methyl sites for hydroxylation is 1. The number of H-pyrrole nitrogens is 1. The molecule has 0 bridgehead atoms. The molecule has 0 aliphatic heterocycles. The molecule has 0 saturated heterocycles. The van der Waals surface area contributed by atoms with E-state index in [9.17, 15) is 0 Å². The van der Waals surface area contributed by atoms with Gasteiger partial charge in [0.15, 0.2) is 22.1 Å². The molecule has 0 radical (unpaired) electrons. The van der Waals surface area contributed by atoms with Crippen LogP contribution >= 0.6 is 12.2 Å². The predicted octanol–water partition coefficient (Wildman–Crippen LogP) is 3.41. The molecule has 0 aliphatic rings. The van der Waals surface area contributed by atoms with Gasteiger partial charge >= 0.3 is 0 Å². The van der Waals surface area contributed by atoms with Crippen molar-refractivity contribution in [2.24, 2.45) is 0 Å². The average molecular weight is 305 g/mol. The van der Waals surface area contributed by atoms with Crippen molar-refractivity contribution in [2.75, 3.05) is 6.61 Å². The van der Waals surface area contributed by atoms with Gasteiger partial charge in [-0.3, -0.25) is 9.67 Å². The second kappa shape index (κ2) is 7.08. The van der Waals surface area contributed by atoms with E-state index in [-0.39, 0.29) is 0 Å². The Balaban J connectivity index is 2.16. The lowest BCUT2D eigenvalue weighted by atomic mass is 10.2. The van der Waals surface area contributed by atoms with E-state index in [1.54, 1.807) is 6.08 Å². The Morgan fingerprint density at radius 1 is 1.38 bits per heavy atom. The fourth-order valence-electron chi connectivity index (χ4n) is 1.92. The van der Waals surface area contributed by atoms with Crippen LogP contribution in [-0.2, 0) is 13.2 Å². The largest absolute Gasteiger partial charge is 0.490 e. The highest BCUT2D eigenvalue weighted by Gasteiger charge is 2.09. The molecule has 0 aliphatic carbocycles. The van der Waals surface area contributed by atoms with Gasteiger partial charge in [0.25, 0.3) is 0 Å². The predicted molar refractivity (Wildman–Crippen MR) is 84.3 cm³/mol. The summed E-state index contributed by atoms with van der Waals surface area (Å²) in [5.74, 6) is 2.16. The van der Waals surface area contributed by atoms with Crippen LogP contribution in [0.4, 0.5) is 0 Å². The monoisotopic (exact) mass is 305 g/mol. The molecule has 6 heteroatoms. The van der Waals surface area contributed by atoms with E-state index >= 15 is 0 Å². The topological polar surface area (TPSA) is 52.1 Å². The van der Waals surface area contributed by atoms with Gasteiger partial charge in [-0.25, -0.2) is 0 Å². The smallest absolute Gasteiger partial charge is 0.195 e. The summed E-state index contributed by atoms with van der Waals surface area (Å²) >= 11 is 5.17. The summed E-state index contributed by atoms with van der Waals surface area (Å²) in [6.45, 7) is 9.18.